The van der Waals surface area contributed by atoms with E-state index in [9.17, 15) is 4.39 Å². The molecule has 0 spiro atoms. The van der Waals surface area contributed by atoms with Crippen molar-refractivity contribution in [1.29, 1.82) is 0 Å². The van der Waals surface area contributed by atoms with Crippen molar-refractivity contribution in [3.63, 3.8) is 0 Å². The van der Waals surface area contributed by atoms with Crippen molar-refractivity contribution in [3.8, 4) is 0 Å². The predicted molar refractivity (Wildman–Crippen MR) is 53.3 cm³/mol. The lowest BCUT2D eigenvalue weighted by atomic mass is 10.1. The molecule has 1 aromatic rings. The highest BCUT2D eigenvalue weighted by atomic mass is 19.1. The summed E-state index contributed by atoms with van der Waals surface area (Å²) in [6.07, 6.45) is 1.62. The molecule has 76 valence electrons. The van der Waals surface area contributed by atoms with Crippen molar-refractivity contribution in [2.75, 3.05) is 6.54 Å². The van der Waals surface area contributed by atoms with Gasteiger partial charge >= 0.3 is 0 Å². The lowest BCUT2D eigenvalue weighted by molar-refractivity contribution is 0.556. The molecule has 0 saturated heterocycles. The molecule has 1 saturated carbocycles. The Hall–Kier alpha value is -0.960. The molecular weight excluding hydrogens is 179 g/mol. The third-order valence-corrected chi connectivity index (χ3v) is 3.41. The average Bonchev–Trinajstić information content (AvgIpc) is 2.69. The second-order valence-corrected chi connectivity index (χ2v) is 4.56. The second kappa shape index (κ2) is 3.02. The van der Waals surface area contributed by atoms with E-state index in [0.717, 1.165) is 5.56 Å². The fraction of sp³-hybridized carbons (Fsp3) is 0.545. The van der Waals surface area contributed by atoms with Crippen LogP contribution in [0.4, 0.5) is 4.39 Å². The maximum absolute atomic E-state index is 12.6. The van der Waals surface area contributed by atoms with E-state index in [1.807, 2.05) is 6.07 Å². The highest BCUT2D eigenvalue weighted by molar-refractivity contribution is 5.29. The van der Waals surface area contributed by atoms with Crippen LogP contribution in [-0.2, 0) is 0 Å². The topological polar surface area (TPSA) is 38.9 Å². The predicted octanol–water partition coefficient (Wildman–Crippen LogP) is 1.92. The zero-order valence-corrected chi connectivity index (χ0v) is 8.50. The van der Waals surface area contributed by atoms with Crippen molar-refractivity contribution in [2.24, 2.45) is 17.1 Å². The van der Waals surface area contributed by atoms with Crippen LogP contribution in [0.3, 0.4) is 0 Å². The van der Waals surface area contributed by atoms with Gasteiger partial charge in [0.1, 0.15) is 0 Å². The van der Waals surface area contributed by atoms with Crippen LogP contribution in [0.25, 0.3) is 0 Å². The Bertz CT molecular complexity index is 332. The van der Waals surface area contributed by atoms with Gasteiger partial charge in [-0.2, -0.15) is 4.39 Å². The molecule has 2 unspecified atom stereocenters. The number of nitrogens with zero attached hydrogens (tertiary/aromatic N) is 1. The van der Waals surface area contributed by atoms with Gasteiger partial charge in [0.15, 0.2) is 0 Å². The molecule has 0 radical (unpaired) electrons. The standard InChI is InChI=1S/C11H15FN2/c1-11(2)8(5-13)10(11)7-3-4-9(12)14-6-7/h3-4,6,8,10H,5,13H2,1-2H3. The Kier molecular flexibility index (Phi) is 2.07. The van der Waals surface area contributed by atoms with Gasteiger partial charge in [-0.3, -0.25) is 0 Å². The second-order valence-electron chi connectivity index (χ2n) is 4.56. The van der Waals surface area contributed by atoms with Crippen LogP contribution in [-0.4, -0.2) is 11.5 Å². The number of aromatic nitrogens is 1. The van der Waals surface area contributed by atoms with E-state index < -0.39 is 5.95 Å². The first kappa shape index (κ1) is 9.59. The Morgan fingerprint density at radius 3 is 2.64 bits per heavy atom. The molecule has 0 bridgehead atoms. The van der Waals surface area contributed by atoms with Crippen molar-refractivity contribution < 1.29 is 4.39 Å². The molecule has 1 aliphatic carbocycles. The zero-order chi connectivity index (χ0) is 10.3. The van der Waals surface area contributed by atoms with Crippen molar-refractivity contribution in [2.45, 2.75) is 19.8 Å². The quantitative estimate of drug-likeness (QED) is 0.730. The lowest BCUT2D eigenvalue weighted by Gasteiger charge is -2.01. The number of pyridine rings is 1. The maximum atomic E-state index is 12.6. The fourth-order valence-corrected chi connectivity index (χ4v) is 2.42. The highest BCUT2D eigenvalue weighted by Crippen LogP contribution is 2.63. The summed E-state index contributed by atoms with van der Waals surface area (Å²) in [5.41, 5.74) is 7.02. The largest absolute Gasteiger partial charge is 0.330 e. The number of rotatable bonds is 2. The molecule has 1 aromatic heterocycles. The summed E-state index contributed by atoms with van der Waals surface area (Å²) in [4.78, 5) is 3.67. The number of nitrogens with two attached hydrogens (primary N) is 1. The number of halogens is 1. The van der Waals surface area contributed by atoms with Gasteiger partial charge in [-0.1, -0.05) is 19.9 Å². The van der Waals surface area contributed by atoms with Gasteiger partial charge in [-0.25, -0.2) is 4.98 Å². The highest BCUT2D eigenvalue weighted by Gasteiger charge is 2.57. The van der Waals surface area contributed by atoms with Crippen molar-refractivity contribution in [1.82, 2.24) is 4.98 Å². The van der Waals surface area contributed by atoms with Gasteiger partial charge in [0, 0.05) is 6.20 Å². The van der Waals surface area contributed by atoms with E-state index in [1.54, 1.807) is 6.20 Å². The fourth-order valence-electron chi connectivity index (χ4n) is 2.42. The monoisotopic (exact) mass is 194 g/mol. The minimum absolute atomic E-state index is 0.244. The van der Waals surface area contributed by atoms with Crippen LogP contribution in [0.15, 0.2) is 18.3 Å². The van der Waals surface area contributed by atoms with E-state index in [0.29, 0.717) is 18.4 Å². The molecule has 1 heterocycles. The molecule has 0 aromatic carbocycles. The van der Waals surface area contributed by atoms with Crippen LogP contribution in [0, 0.1) is 17.3 Å². The van der Waals surface area contributed by atoms with Crippen molar-refractivity contribution >= 4 is 0 Å². The lowest BCUT2D eigenvalue weighted by Crippen LogP contribution is -2.05. The minimum Gasteiger partial charge on any atom is -0.330 e. The summed E-state index contributed by atoms with van der Waals surface area (Å²) >= 11 is 0. The molecule has 2 atom stereocenters. The van der Waals surface area contributed by atoms with Gasteiger partial charge in [0.2, 0.25) is 5.95 Å². The molecule has 14 heavy (non-hydrogen) atoms. The SMILES string of the molecule is CC1(C)C(CN)C1c1ccc(F)nc1. The molecule has 1 fully saturated rings. The number of hydrogen-bond donors (Lipinski definition) is 1. The molecule has 2 nitrogen and oxygen atoms in total. The van der Waals surface area contributed by atoms with Gasteiger partial charge in [-0.05, 0) is 35.4 Å². The zero-order valence-electron chi connectivity index (χ0n) is 8.50. The summed E-state index contributed by atoms with van der Waals surface area (Å²) in [5, 5.41) is 0. The Morgan fingerprint density at radius 1 is 1.50 bits per heavy atom. The summed E-state index contributed by atoms with van der Waals surface area (Å²) in [6, 6.07) is 3.22. The summed E-state index contributed by atoms with van der Waals surface area (Å²) in [5.74, 6) is 0.534. The summed E-state index contributed by atoms with van der Waals surface area (Å²) < 4.78 is 12.6. The molecule has 2 N–H and O–H groups in total. The van der Waals surface area contributed by atoms with Crippen LogP contribution < -0.4 is 5.73 Å². The van der Waals surface area contributed by atoms with Crippen LogP contribution in [0.1, 0.15) is 25.3 Å². The first-order valence-corrected chi connectivity index (χ1v) is 4.89. The first-order chi connectivity index (χ1) is 6.57. The van der Waals surface area contributed by atoms with E-state index in [1.165, 1.54) is 6.07 Å². The Morgan fingerprint density at radius 2 is 2.21 bits per heavy atom. The smallest absolute Gasteiger partial charge is 0.212 e. The Balaban J connectivity index is 2.22. The molecule has 2 rings (SSSR count). The summed E-state index contributed by atoms with van der Waals surface area (Å²) in [7, 11) is 0. The molecule has 0 amide bonds. The van der Waals surface area contributed by atoms with Crippen molar-refractivity contribution in [3.05, 3.63) is 29.8 Å². The minimum atomic E-state index is -0.420. The third kappa shape index (κ3) is 1.32. The summed E-state index contributed by atoms with van der Waals surface area (Å²) in [6.45, 7) is 5.08. The molecule has 3 heteroatoms. The van der Waals surface area contributed by atoms with Crippen LogP contribution in [0.5, 0.6) is 0 Å². The number of hydrogen-bond acceptors (Lipinski definition) is 2. The maximum Gasteiger partial charge on any atom is 0.212 e. The van der Waals surface area contributed by atoms with Gasteiger partial charge in [-0.15, -0.1) is 0 Å². The van der Waals surface area contributed by atoms with Crippen LogP contribution in [0.2, 0.25) is 0 Å². The third-order valence-electron chi connectivity index (χ3n) is 3.41. The van der Waals surface area contributed by atoms with E-state index in [4.69, 9.17) is 5.73 Å². The molecule has 1 aliphatic rings. The van der Waals surface area contributed by atoms with Gasteiger partial charge < -0.3 is 5.73 Å². The van der Waals surface area contributed by atoms with Gasteiger partial charge in [0.05, 0.1) is 0 Å². The first-order valence-electron chi connectivity index (χ1n) is 4.89. The normalized spacial score (nSPS) is 28.9. The van der Waals surface area contributed by atoms with Gasteiger partial charge in [0.25, 0.3) is 0 Å². The van der Waals surface area contributed by atoms with E-state index in [2.05, 4.69) is 18.8 Å². The average molecular weight is 194 g/mol. The van der Waals surface area contributed by atoms with E-state index in [-0.39, 0.29) is 5.41 Å². The Labute approximate surface area is 83.3 Å². The van der Waals surface area contributed by atoms with Crippen LogP contribution >= 0.6 is 0 Å². The van der Waals surface area contributed by atoms with E-state index >= 15 is 0 Å². The molecule has 0 aliphatic heterocycles. The molecular formula is C11H15FN2.